The molecule has 47 heavy (non-hydrogen) atoms. The van der Waals surface area contributed by atoms with Crippen molar-refractivity contribution in [2.45, 2.75) is 44.0 Å². The van der Waals surface area contributed by atoms with Gasteiger partial charge in [-0.1, -0.05) is 56.3 Å². The van der Waals surface area contributed by atoms with E-state index in [4.69, 9.17) is 23.5 Å². The molecule has 3 aromatic carbocycles. The van der Waals surface area contributed by atoms with Crippen molar-refractivity contribution in [2.75, 3.05) is 5.32 Å². The molecule has 2 unspecified atom stereocenters. The van der Waals surface area contributed by atoms with Crippen molar-refractivity contribution < 1.29 is 23.2 Å². The fourth-order valence-electron chi connectivity index (χ4n) is 7.96. The van der Waals surface area contributed by atoms with E-state index < -0.39 is 23.7 Å². The van der Waals surface area contributed by atoms with Crippen LogP contribution >= 0.6 is 0 Å². The lowest BCUT2D eigenvalue weighted by molar-refractivity contribution is -0.126. The first-order chi connectivity index (χ1) is 22.9. The summed E-state index contributed by atoms with van der Waals surface area (Å²) in [4.78, 5) is 38.6. The minimum Gasteiger partial charge on any atom is -0.469 e. The summed E-state index contributed by atoms with van der Waals surface area (Å²) >= 11 is 0. The van der Waals surface area contributed by atoms with Crippen LogP contribution in [0.2, 0.25) is 0 Å². The van der Waals surface area contributed by atoms with E-state index in [0.717, 1.165) is 50.0 Å². The highest BCUT2D eigenvalue weighted by atomic mass is 16.5. The summed E-state index contributed by atoms with van der Waals surface area (Å²) in [5.41, 5.74) is 6.94. The summed E-state index contributed by atoms with van der Waals surface area (Å²) in [7, 11) is 0. The minimum atomic E-state index is -1.00. The number of rotatable bonds is 3. The van der Waals surface area contributed by atoms with Gasteiger partial charge in [0.25, 0.3) is 0 Å². The average Bonchev–Trinajstić information content (AvgIpc) is 3.88. The van der Waals surface area contributed by atoms with Crippen LogP contribution in [-0.2, 0) is 21.4 Å². The number of fused-ring (bicyclic) bond motifs is 7. The second-order valence-electron chi connectivity index (χ2n) is 13.0. The van der Waals surface area contributed by atoms with Crippen molar-refractivity contribution in [3.63, 3.8) is 0 Å². The Morgan fingerprint density at radius 2 is 1.89 bits per heavy atom. The molecule has 4 aliphatic rings. The van der Waals surface area contributed by atoms with E-state index in [9.17, 15) is 9.59 Å². The third-order valence-electron chi connectivity index (χ3n) is 10.1. The number of anilines is 1. The van der Waals surface area contributed by atoms with Gasteiger partial charge in [-0.05, 0) is 29.2 Å². The van der Waals surface area contributed by atoms with Gasteiger partial charge >= 0.3 is 0 Å². The number of nitrogens with one attached hydrogen (secondary N) is 4. The van der Waals surface area contributed by atoms with Crippen molar-refractivity contribution >= 4 is 28.9 Å². The molecular weight excluding hydrogens is 596 g/mol. The number of amides is 2. The fourth-order valence-corrected chi connectivity index (χ4v) is 7.96. The summed E-state index contributed by atoms with van der Waals surface area (Å²) < 4.78 is 20.3. The number of hydrogen-bond donors (Lipinski definition) is 4. The lowest BCUT2D eigenvalue weighted by Crippen LogP contribution is -2.47. The molecule has 232 valence electrons. The quantitative estimate of drug-likeness (QED) is 0.191. The number of para-hydroxylation sites is 1. The molecule has 11 nitrogen and oxygen atoms in total. The Hall–Kier alpha value is -5.84. The van der Waals surface area contributed by atoms with Gasteiger partial charge in [-0.25, -0.2) is 9.97 Å². The molecule has 0 saturated heterocycles. The van der Waals surface area contributed by atoms with Crippen LogP contribution in [0.4, 0.5) is 5.69 Å². The van der Waals surface area contributed by atoms with Crippen LogP contribution in [0.15, 0.2) is 75.8 Å². The zero-order valence-electron chi connectivity index (χ0n) is 25.4. The van der Waals surface area contributed by atoms with Crippen molar-refractivity contribution in [1.82, 2.24) is 25.6 Å². The smallest absolute Gasteiger partial charge is 0.249 e. The molecule has 4 aliphatic heterocycles. The van der Waals surface area contributed by atoms with Crippen molar-refractivity contribution in [2.24, 2.45) is 5.92 Å². The number of aromatic amines is 1. The van der Waals surface area contributed by atoms with Crippen molar-refractivity contribution in [3.05, 3.63) is 95.3 Å². The Kier molecular flexibility index (Phi) is 5.12. The van der Waals surface area contributed by atoms with E-state index in [1.807, 2.05) is 38.2 Å². The van der Waals surface area contributed by atoms with Gasteiger partial charge in [0, 0.05) is 51.5 Å². The SMILES string of the molecule is CC(C)[C@@H]1NC(=O)[C@@H](NC=O)Cc2ccc3c(c2)C24c5cccc(c5NC2O3)-c2cccc3[nH]cc(c23)-c2cnc(o2)-c2nc1oc24. The maximum atomic E-state index is 13.7. The second kappa shape index (κ2) is 9.12. The second-order valence-corrected chi connectivity index (χ2v) is 13.0. The molecule has 0 aliphatic carbocycles. The monoisotopic (exact) mass is 624 g/mol. The molecule has 7 heterocycles. The van der Waals surface area contributed by atoms with Gasteiger partial charge in [-0.3, -0.25) is 9.59 Å². The van der Waals surface area contributed by atoms with E-state index in [-0.39, 0.29) is 18.2 Å². The number of H-pyrrole nitrogens is 1. The summed E-state index contributed by atoms with van der Waals surface area (Å²) in [6.45, 7) is 3.98. The molecule has 11 heteroatoms. The van der Waals surface area contributed by atoms with Crippen LogP contribution in [0.3, 0.4) is 0 Å². The molecule has 0 fully saturated rings. The summed E-state index contributed by atoms with van der Waals surface area (Å²) in [6, 6.07) is 17.0. The topological polar surface area (TPSA) is 147 Å². The minimum absolute atomic E-state index is 0.106. The Labute approximate surface area is 267 Å². The number of aromatic nitrogens is 3. The van der Waals surface area contributed by atoms with Crippen LogP contribution in [0, 0.1) is 5.92 Å². The Bertz CT molecular complexity index is 2320. The summed E-state index contributed by atoms with van der Waals surface area (Å²) in [5.74, 6) is 1.95. The molecule has 0 saturated carbocycles. The number of hydrogen-bond acceptors (Lipinski definition) is 8. The highest BCUT2D eigenvalue weighted by Crippen LogP contribution is 2.61. The third kappa shape index (κ3) is 3.35. The molecule has 10 rings (SSSR count). The summed E-state index contributed by atoms with van der Waals surface area (Å²) in [6.07, 6.45) is 3.91. The first kappa shape index (κ1) is 26.4. The number of nitrogens with zero attached hydrogens (tertiary/aromatic N) is 2. The predicted octanol–water partition coefficient (Wildman–Crippen LogP) is 5.42. The normalized spacial score (nSPS) is 22.9. The zero-order valence-corrected chi connectivity index (χ0v) is 25.4. The van der Waals surface area contributed by atoms with Crippen molar-refractivity contribution in [3.8, 4) is 39.8 Å². The van der Waals surface area contributed by atoms with Gasteiger partial charge in [0.15, 0.2) is 23.4 Å². The Morgan fingerprint density at radius 3 is 2.77 bits per heavy atom. The van der Waals surface area contributed by atoms with Gasteiger partial charge in [0.05, 0.1) is 6.20 Å². The molecule has 4 atom stereocenters. The lowest BCUT2D eigenvalue weighted by Gasteiger charge is -2.28. The fraction of sp³-hybridized carbons (Fsp3) is 0.222. The van der Waals surface area contributed by atoms with Gasteiger partial charge in [-0.2, -0.15) is 0 Å². The van der Waals surface area contributed by atoms with Gasteiger partial charge < -0.3 is 34.5 Å². The Morgan fingerprint density at radius 1 is 1.02 bits per heavy atom. The molecule has 3 aromatic heterocycles. The molecule has 6 aromatic rings. The molecule has 10 bridgehead atoms. The zero-order chi connectivity index (χ0) is 31.6. The first-order valence-corrected chi connectivity index (χ1v) is 15.7. The number of carbonyl (C=O) groups is 2. The number of carbonyl (C=O) groups excluding carboxylic acids is 2. The largest absolute Gasteiger partial charge is 0.469 e. The number of ether oxygens (including phenoxy) is 1. The molecule has 4 N–H and O–H groups in total. The molecule has 0 radical (unpaired) electrons. The van der Waals surface area contributed by atoms with Crippen LogP contribution in [0.1, 0.15) is 48.2 Å². The van der Waals surface area contributed by atoms with E-state index in [0.29, 0.717) is 41.2 Å². The highest BCUT2D eigenvalue weighted by molar-refractivity contribution is 6.07. The van der Waals surface area contributed by atoms with Crippen LogP contribution in [0.5, 0.6) is 5.75 Å². The third-order valence-corrected chi connectivity index (χ3v) is 10.1. The first-order valence-electron chi connectivity index (χ1n) is 15.7. The molecule has 2 amide bonds. The number of oxazole rings is 2. The van der Waals surface area contributed by atoms with E-state index in [1.165, 1.54) is 0 Å². The van der Waals surface area contributed by atoms with Crippen LogP contribution < -0.4 is 20.7 Å². The molecular formula is C36H28N6O5. The Balaban J connectivity index is 1.36. The van der Waals surface area contributed by atoms with E-state index in [1.54, 1.807) is 6.20 Å². The number of benzene rings is 3. The average molecular weight is 625 g/mol. The van der Waals surface area contributed by atoms with Crippen molar-refractivity contribution in [1.29, 1.82) is 0 Å². The van der Waals surface area contributed by atoms with Gasteiger partial charge in [0.2, 0.25) is 24.1 Å². The van der Waals surface area contributed by atoms with E-state index >= 15 is 0 Å². The highest BCUT2D eigenvalue weighted by Gasteiger charge is 2.61. The van der Waals surface area contributed by atoms with Gasteiger partial charge in [-0.15, -0.1) is 0 Å². The maximum Gasteiger partial charge on any atom is 0.249 e. The standard InChI is InChI=1S/C36H28N6O5/c1-16(2)28-34-41-30-31(47-34)36-21-7-3-6-19(18-5-4-8-23-27(18)20(13-37-23)26-14-38-33(30)45-26)29(21)42-35(36)46-25-10-9-17(11-22(25)36)12-24(39-15-43)32(44)40-28/h3-11,13-16,24,28,35,37,42H,12H2,1-2H3,(H,39,43)(H,40,44)/t24-,28-,35?,36?/m0/s1. The van der Waals surface area contributed by atoms with Gasteiger partial charge in [0.1, 0.15) is 23.2 Å². The lowest BCUT2D eigenvalue weighted by atomic mass is 9.72. The maximum absolute atomic E-state index is 13.7. The van der Waals surface area contributed by atoms with Crippen LogP contribution in [0.25, 0.3) is 44.9 Å². The van der Waals surface area contributed by atoms with Crippen LogP contribution in [-0.4, -0.2) is 39.5 Å². The molecule has 1 spiro atoms. The predicted molar refractivity (Wildman–Crippen MR) is 172 cm³/mol. The summed E-state index contributed by atoms with van der Waals surface area (Å²) in [5, 5.41) is 10.6. The van der Waals surface area contributed by atoms with E-state index in [2.05, 4.69) is 57.3 Å².